The number of hydrogen-bond donors (Lipinski definition) is 2. The van der Waals surface area contributed by atoms with E-state index in [2.05, 4.69) is 18.1 Å². The maximum Gasteiger partial charge on any atom is 0.251 e. The van der Waals surface area contributed by atoms with Gasteiger partial charge in [-0.05, 0) is 30.4 Å². The Hall–Kier alpha value is -2.25. The van der Waals surface area contributed by atoms with E-state index in [0.717, 1.165) is 29.7 Å². The van der Waals surface area contributed by atoms with Gasteiger partial charge >= 0.3 is 0 Å². The van der Waals surface area contributed by atoms with Crippen LogP contribution in [0.5, 0.6) is 0 Å². The molecule has 4 N–H and O–H groups in total. The molecule has 0 aliphatic heterocycles. The predicted octanol–water partition coefficient (Wildman–Crippen LogP) is 2.88. The summed E-state index contributed by atoms with van der Waals surface area (Å²) in [5.74, 6) is 2.40. The molecule has 3 nitrogen and oxygen atoms in total. The van der Waals surface area contributed by atoms with Gasteiger partial charge in [-0.1, -0.05) is 30.3 Å². The summed E-state index contributed by atoms with van der Waals surface area (Å²) in [7, 11) is 0. The zero-order chi connectivity index (χ0) is 15.7. The number of carbonyl (C=O) groups excluding carboxylic acids is 1. The Morgan fingerprint density at radius 3 is 2.73 bits per heavy atom. The Balaban J connectivity index is 2.06. The van der Waals surface area contributed by atoms with Gasteiger partial charge in [-0.2, -0.15) is 0 Å². The lowest BCUT2D eigenvalue weighted by atomic mass is 9.67. The molecule has 2 aromatic rings. The second-order valence-corrected chi connectivity index (χ2v) is 6.95. The Bertz CT molecular complexity index is 757. The van der Waals surface area contributed by atoms with Crippen molar-refractivity contribution in [3.8, 4) is 12.3 Å². The summed E-state index contributed by atoms with van der Waals surface area (Å²) in [4.78, 5) is 12.8. The van der Waals surface area contributed by atoms with E-state index in [4.69, 9.17) is 17.9 Å². The Morgan fingerprint density at radius 2 is 2.09 bits per heavy atom. The van der Waals surface area contributed by atoms with E-state index in [-0.39, 0.29) is 5.41 Å². The number of carbonyl (C=O) groups is 1. The molecule has 1 aromatic carbocycles. The number of nitrogens with two attached hydrogens (primary N) is 2. The third-order valence-corrected chi connectivity index (χ3v) is 5.60. The van der Waals surface area contributed by atoms with Crippen molar-refractivity contribution in [3.63, 3.8) is 0 Å². The molecule has 0 spiro atoms. The summed E-state index contributed by atoms with van der Waals surface area (Å²) >= 11 is 1.48. The number of primary amides is 1. The van der Waals surface area contributed by atoms with Crippen molar-refractivity contribution in [1.82, 2.24) is 0 Å². The van der Waals surface area contributed by atoms with Gasteiger partial charge in [0, 0.05) is 16.7 Å². The maximum atomic E-state index is 11.6. The smallest absolute Gasteiger partial charge is 0.251 e. The number of nitrogen functional groups attached to an aromatic ring is 1. The van der Waals surface area contributed by atoms with Crippen LogP contribution in [0.3, 0.4) is 0 Å². The zero-order valence-electron chi connectivity index (χ0n) is 12.3. The van der Waals surface area contributed by atoms with Gasteiger partial charge in [0.15, 0.2) is 0 Å². The monoisotopic (exact) mass is 310 g/mol. The number of fused-ring (bicyclic) bond motifs is 1. The van der Waals surface area contributed by atoms with E-state index in [1.807, 2.05) is 18.2 Å². The fraction of sp³-hybridized carbons (Fsp3) is 0.278. The van der Waals surface area contributed by atoms with Gasteiger partial charge < -0.3 is 11.5 Å². The van der Waals surface area contributed by atoms with Crippen molar-refractivity contribution in [1.29, 1.82) is 0 Å². The minimum Gasteiger partial charge on any atom is -0.390 e. The van der Waals surface area contributed by atoms with Gasteiger partial charge in [0.2, 0.25) is 0 Å². The average molecular weight is 310 g/mol. The molecule has 22 heavy (non-hydrogen) atoms. The minimum absolute atomic E-state index is 0.0742. The van der Waals surface area contributed by atoms with E-state index in [1.54, 1.807) is 0 Å². The van der Waals surface area contributed by atoms with Crippen molar-refractivity contribution in [2.75, 3.05) is 5.73 Å². The molecule has 0 fully saturated rings. The van der Waals surface area contributed by atoms with Gasteiger partial charge in [0.05, 0.1) is 10.6 Å². The molecular weight excluding hydrogens is 292 g/mol. The average Bonchev–Trinajstić information content (AvgIpc) is 2.83. The van der Waals surface area contributed by atoms with Gasteiger partial charge in [-0.3, -0.25) is 4.79 Å². The topological polar surface area (TPSA) is 69.1 Å². The molecule has 4 heteroatoms. The lowest BCUT2D eigenvalue weighted by Gasteiger charge is -2.36. The van der Waals surface area contributed by atoms with E-state index >= 15 is 0 Å². The molecule has 0 bridgehead atoms. The van der Waals surface area contributed by atoms with Gasteiger partial charge in [0.25, 0.3) is 5.91 Å². The summed E-state index contributed by atoms with van der Waals surface area (Å²) < 4.78 is 0. The van der Waals surface area contributed by atoms with Crippen LogP contribution < -0.4 is 11.5 Å². The molecular formula is C18H18N2OS. The first-order valence-corrected chi connectivity index (χ1v) is 8.08. The predicted molar refractivity (Wildman–Crippen MR) is 90.8 cm³/mol. The molecule has 1 unspecified atom stereocenters. The van der Waals surface area contributed by atoms with Gasteiger partial charge in [-0.25, -0.2) is 0 Å². The van der Waals surface area contributed by atoms with Crippen molar-refractivity contribution in [3.05, 3.63) is 51.9 Å². The van der Waals surface area contributed by atoms with E-state index in [9.17, 15) is 4.79 Å². The Labute approximate surface area is 134 Å². The van der Waals surface area contributed by atoms with Crippen molar-refractivity contribution < 1.29 is 4.79 Å². The molecule has 1 aromatic heterocycles. The number of rotatable bonds is 3. The summed E-state index contributed by atoms with van der Waals surface area (Å²) in [6.07, 6.45) is 8.84. The maximum absolute atomic E-state index is 11.6. The third-order valence-electron chi connectivity index (χ3n) is 4.54. The molecule has 1 aliphatic rings. The van der Waals surface area contributed by atoms with Crippen molar-refractivity contribution in [2.45, 2.75) is 31.1 Å². The van der Waals surface area contributed by atoms with Crippen molar-refractivity contribution in [2.24, 2.45) is 5.73 Å². The second kappa shape index (κ2) is 5.51. The third kappa shape index (κ3) is 2.28. The normalized spacial score (nSPS) is 20.1. The fourth-order valence-corrected chi connectivity index (χ4v) is 4.72. The molecule has 1 amide bonds. The van der Waals surface area contributed by atoms with Crippen LogP contribution in [0.1, 0.15) is 39.2 Å². The Morgan fingerprint density at radius 1 is 1.36 bits per heavy atom. The molecule has 0 saturated heterocycles. The van der Waals surface area contributed by atoms with Crippen LogP contribution in [-0.2, 0) is 18.3 Å². The van der Waals surface area contributed by atoms with E-state index < -0.39 is 5.91 Å². The molecule has 112 valence electrons. The second-order valence-electron chi connectivity index (χ2n) is 5.81. The van der Waals surface area contributed by atoms with Crippen molar-refractivity contribution >= 4 is 22.2 Å². The minimum atomic E-state index is -0.431. The van der Waals surface area contributed by atoms with E-state index in [0.29, 0.717) is 17.0 Å². The highest BCUT2D eigenvalue weighted by molar-refractivity contribution is 7.16. The fourth-order valence-electron chi connectivity index (χ4n) is 3.46. The van der Waals surface area contributed by atoms with Crippen LogP contribution in [0.2, 0.25) is 0 Å². The quantitative estimate of drug-likeness (QED) is 0.856. The van der Waals surface area contributed by atoms with Gasteiger partial charge in [0.1, 0.15) is 0 Å². The number of anilines is 1. The molecule has 3 rings (SSSR count). The Kier molecular flexibility index (Phi) is 3.67. The first-order valence-electron chi connectivity index (χ1n) is 7.26. The standard InChI is InChI=1S/C18H18N2OS/c1-2-9-18(12-6-4-3-5-7-12)10-8-13-14(11-18)22-17(20)15(13)16(19)21/h1,3-7H,8-11,20H2,(H2,19,21). The lowest BCUT2D eigenvalue weighted by molar-refractivity contribution is 0.1000. The summed E-state index contributed by atoms with van der Waals surface area (Å²) in [6, 6.07) is 10.4. The number of thiophene rings is 1. The molecule has 0 saturated carbocycles. The van der Waals surface area contributed by atoms with Gasteiger partial charge in [-0.15, -0.1) is 23.7 Å². The highest BCUT2D eigenvalue weighted by Gasteiger charge is 2.38. The highest BCUT2D eigenvalue weighted by Crippen LogP contribution is 2.46. The lowest BCUT2D eigenvalue weighted by Crippen LogP contribution is -2.33. The SMILES string of the molecule is C#CCC1(c2ccccc2)CCc2c(sc(N)c2C(N)=O)C1. The molecule has 0 radical (unpaired) electrons. The number of amides is 1. The molecule has 1 heterocycles. The summed E-state index contributed by atoms with van der Waals surface area (Å²) in [5, 5.41) is 0.530. The summed E-state index contributed by atoms with van der Waals surface area (Å²) in [5.41, 5.74) is 14.2. The van der Waals surface area contributed by atoms with Crippen LogP contribution in [0.25, 0.3) is 0 Å². The zero-order valence-corrected chi connectivity index (χ0v) is 13.1. The number of benzene rings is 1. The van der Waals surface area contributed by atoms with Crippen LogP contribution in [-0.4, -0.2) is 5.91 Å². The largest absolute Gasteiger partial charge is 0.390 e. The molecule has 1 aliphatic carbocycles. The summed E-state index contributed by atoms with van der Waals surface area (Å²) in [6.45, 7) is 0. The van der Waals surface area contributed by atoms with E-state index in [1.165, 1.54) is 16.9 Å². The van der Waals surface area contributed by atoms with Crippen LogP contribution in [0.15, 0.2) is 30.3 Å². The molecule has 1 atom stereocenters. The first kappa shape index (κ1) is 14.7. The van der Waals surface area contributed by atoms with Crippen LogP contribution in [0.4, 0.5) is 5.00 Å². The highest BCUT2D eigenvalue weighted by atomic mass is 32.1. The van der Waals surface area contributed by atoms with Crippen LogP contribution in [0, 0.1) is 12.3 Å². The first-order chi connectivity index (χ1) is 10.6. The number of hydrogen-bond acceptors (Lipinski definition) is 3. The van der Waals surface area contributed by atoms with Crippen LogP contribution >= 0.6 is 11.3 Å². The number of terminal acetylenes is 1.